The summed E-state index contributed by atoms with van der Waals surface area (Å²) in [7, 11) is 0. The van der Waals surface area contributed by atoms with Gasteiger partial charge in [0.2, 0.25) is 0 Å². The van der Waals surface area contributed by atoms with Crippen LogP contribution in [-0.2, 0) is 6.54 Å². The third-order valence-corrected chi connectivity index (χ3v) is 3.67. The molecule has 3 nitrogen and oxygen atoms in total. The lowest BCUT2D eigenvalue weighted by Gasteiger charge is -2.14. The van der Waals surface area contributed by atoms with E-state index in [4.69, 9.17) is 9.47 Å². The van der Waals surface area contributed by atoms with Crippen LogP contribution < -0.4 is 14.8 Å². The molecule has 21 heavy (non-hydrogen) atoms. The van der Waals surface area contributed by atoms with E-state index in [1.807, 2.05) is 13.0 Å². The number of benzene rings is 1. The molecule has 0 amide bonds. The molecule has 0 spiro atoms. The van der Waals surface area contributed by atoms with Crippen molar-refractivity contribution in [3.63, 3.8) is 0 Å². The van der Waals surface area contributed by atoms with Gasteiger partial charge in [-0.2, -0.15) is 0 Å². The van der Waals surface area contributed by atoms with Gasteiger partial charge in [0.1, 0.15) is 0 Å². The van der Waals surface area contributed by atoms with Crippen molar-refractivity contribution in [1.29, 1.82) is 0 Å². The quantitative estimate of drug-likeness (QED) is 0.706. The van der Waals surface area contributed by atoms with E-state index in [0.717, 1.165) is 37.1 Å². The van der Waals surface area contributed by atoms with Crippen molar-refractivity contribution in [2.45, 2.75) is 46.6 Å². The molecule has 1 aromatic carbocycles. The molecule has 1 aromatic rings. The van der Waals surface area contributed by atoms with Crippen LogP contribution in [-0.4, -0.2) is 19.8 Å². The molecule has 1 aliphatic carbocycles. The number of hydrogen-bond donors (Lipinski definition) is 1. The van der Waals surface area contributed by atoms with E-state index in [0.29, 0.717) is 12.5 Å². The Labute approximate surface area is 129 Å². The van der Waals surface area contributed by atoms with Crippen LogP contribution in [0.15, 0.2) is 18.2 Å². The molecule has 2 rings (SSSR count). The monoisotopic (exact) mass is 291 g/mol. The Balaban J connectivity index is 1.89. The van der Waals surface area contributed by atoms with Crippen molar-refractivity contribution in [2.75, 3.05) is 19.8 Å². The van der Waals surface area contributed by atoms with E-state index in [1.165, 1.54) is 24.8 Å². The average molecular weight is 291 g/mol. The Kier molecular flexibility index (Phi) is 6.37. The van der Waals surface area contributed by atoms with Gasteiger partial charge in [-0.25, -0.2) is 0 Å². The summed E-state index contributed by atoms with van der Waals surface area (Å²) in [6.07, 6.45) is 3.92. The number of ether oxygens (including phenoxy) is 2. The third kappa shape index (κ3) is 5.96. The van der Waals surface area contributed by atoms with Gasteiger partial charge in [-0.1, -0.05) is 32.8 Å². The molecule has 1 N–H and O–H groups in total. The topological polar surface area (TPSA) is 30.5 Å². The summed E-state index contributed by atoms with van der Waals surface area (Å²) in [6.45, 7) is 9.82. The molecule has 0 heterocycles. The average Bonchev–Trinajstić information content (AvgIpc) is 3.25. The smallest absolute Gasteiger partial charge is 0.161 e. The Bertz CT molecular complexity index is 427. The molecule has 1 fully saturated rings. The summed E-state index contributed by atoms with van der Waals surface area (Å²) in [5.74, 6) is 3.32. The minimum absolute atomic E-state index is 0.668. The predicted octanol–water partition coefficient (Wildman–Crippen LogP) is 4.01. The standard InChI is InChI=1S/C18H29NO2/c1-4-20-18-11-16(13-19-12-14(2)3)7-8-17(18)21-10-9-15-5-6-15/h7-8,11,14-15,19H,4-6,9-10,12-13H2,1-3H3. The first-order chi connectivity index (χ1) is 10.2. The molecular weight excluding hydrogens is 262 g/mol. The van der Waals surface area contributed by atoms with Gasteiger partial charge in [0.15, 0.2) is 11.5 Å². The molecular formula is C18H29NO2. The molecule has 0 radical (unpaired) electrons. The van der Waals surface area contributed by atoms with Crippen LogP contribution in [0.3, 0.4) is 0 Å². The lowest BCUT2D eigenvalue weighted by Crippen LogP contribution is -2.19. The Morgan fingerprint density at radius 1 is 1.19 bits per heavy atom. The minimum atomic E-state index is 0.668. The van der Waals surface area contributed by atoms with Gasteiger partial charge in [0.25, 0.3) is 0 Å². The van der Waals surface area contributed by atoms with Gasteiger partial charge >= 0.3 is 0 Å². The van der Waals surface area contributed by atoms with E-state index in [1.54, 1.807) is 0 Å². The van der Waals surface area contributed by atoms with Gasteiger partial charge in [-0.05, 0) is 49.4 Å². The fourth-order valence-corrected chi connectivity index (χ4v) is 2.30. The second kappa shape index (κ2) is 8.28. The summed E-state index contributed by atoms with van der Waals surface area (Å²) >= 11 is 0. The summed E-state index contributed by atoms with van der Waals surface area (Å²) in [5, 5.41) is 3.46. The maximum atomic E-state index is 5.89. The van der Waals surface area contributed by atoms with Crippen molar-refractivity contribution in [2.24, 2.45) is 11.8 Å². The zero-order chi connectivity index (χ0) is 15.1. The lowest BCUT2D eigenvalue weighted by molar-refractivity contribution is 0.268. The lowest BCUT2D eigenvalue weighted by atomic mass is 10.1. The molecule has 3 heteroatoms. The van der Waals surface area contributed by atoms with Crippen LogP contribution in [0, 0.1) is 11.8 Å². The van der Waals surface area contributed by atoms with Gasteiger partial charge in [0, 0.05) is 6.54 Å². The highest BCUT2D eigenvalue weighted by Crippen LogP contribution is 2.33. The van der Waals surface area contributed by atoms with E-state index in [2.05, 4.69) is 31.3 Å². The van der Waals surface area contributed by atoms with Gasteiger partial charge in [-0.3, -0.25) is 0 Å². The molecule has 1 aliphatic rings. The van der Waals surface area contributed by atoms with Gasteiger partial charge < -0.3 is 14.8 Å². The maximum Gasteiger partial charge on any atom is 0.161 e. The van der Waals surface area contributed by atoms with Crippen molar-refractivity contribution >= 4 is 0 Å². The molecule has 0 unspecified atom stereocenters. The van der Waals surface area contributed by atoms with Gasteiger partial charge in [0.05, 0.1) is 13.2 Å². The SMILES string of the molecule is CCOc1cc(CNCC(C)C)ccc1OCCC1CC1. The second-order valence-corrected chi connectivity index (χ2v) is 6.32. The summed E-state index contributed by atoms with van der Waals surface area (Å²) < 4.78 is 11.6. The first kappa shape index (κ1) is 16.2. The molecule has 0 atom stereocenters. The van der Waals surface area contributed by atoms with Crippen LogP contribution in [0.25, 0.3) is 0 Å². The van der Waals surface area contributed by atoms with Crippen molar-refractivity contribution in [3.05, 3.63) is 23.8 Å². The van der Waals surface area contributed by atoms with Crippen molar-refractivity contribution < 1.29 is 9.47 Å². The third-order valence-electron chi connectivity index (χ3n) is 3.67. The highest BCUT2D eigenvalue weighted by molar-refractivity contribution is 5.43. The Morgan fingerprint density at radius 2 is 2.00 bits per heavy atom. The maximum absolute atomic E-state index is 5.89. The highest BCUT2D eigenvalue weighted by Gasteiger charge is 2.21. The van der Waals surface area contributed by atoms with Crippen LogP contribution >= 0.6 is 0 Å². The second-order valence-electron chi connectivity index (χ2n) is 6.32. The normalized spacial score (nSPS) is 14.5. The van der Waals surface area contributed by atoms with Crippen molar-refractivity contribution in [1.82, 2.24) is 5.32 Å². The Morgan fingerprint density at radius 3 is 2.67 bits per heavy atom. The molecule has 0 aromatic heterocycles. The van der Waals surface area contributed by atoms with Crippen LogP contribution in [0.2, 0.25) is 0 Å². The fraction of sp³-hybridized carbons (Fsp3) is 0.667. The van der Waals surface area contributed by atoms with E-state index >= 15 is 0 Å². The summed E-state index contributed by atoms with van der Waals surface area (Å²) in [5.41, 5.74) is 1.24. The summed E-state index contributed by atoms with van der Waals surface area (Å²) in [6, 6.07) is 6.27. The zero-order valence-corrected chi connectivity index (χ0v) is 13.7. The number of nitrogens with one attached hydrogen (secondary N) is 1. The Hall–Kier alpha value is -1.22. The van der Waals surface area contributed by atoms with E-state index < -0.39 is 0 Å². The highest BCUT2D eigenvalue weighted by atomic mass is 16.5. The number of hydrogen-bond acceptors (Lipinski definition) is 3. The first-order valence-corrected chi connectivity index (χ1v) is 8.28. The summed E-state index contributed by atoms with van der Waals surface area (Å²) in [4.78, 5) is 0. The molecule has 1 saturated carbocycles. The van der Waals surface area contributed by atoms with Crippen molar-refractivity contribution in [3.8, 4) is 11.5 Å². The fourth-order valence-electron chi connectivity index (χ4n) is 2.30. The first-order valence-electron chi connectivity index (χ1n) is 8.28. The van der Waals surface area contributed by atoms with Crippen LogP contribution in [0.4, 0.5) is 0 Å². The number of rotatable bonds is 10. The zero-order valence-electron chi connectivity index (χ0n) is 13.7. The molecule has 0 aliphatic heterocycles. The minimum Gasteiger partial charge on any atom is -0.490 e. The van der Waals surface area contributed by atoms with Gasteiger partial charge in [-0.15, -0.1) is 0 Å². The molecule has 118 valence electrons. The van der Waals surface area contributed by atoms with E-state index in [9.17, 15) is 0 Å². The largest absolute Gasteiger partial charge is 0.490 e. The predicted molar refractivity (Wildman–Crippen MR) is 87.0 cm³/mol. The van der Waals surface area contributed by atoms with Crippen LogP contribution in [0.1, 0.15) is 45.6 Å². The van der Waals surface area contributed by atoms with E-state index in [-0.39, 0.29) is 0 Å². The van der Waals surface area contributed by atoms with Crippen LogP contribution in [0.5, 0.6) is 11.5 Å². The molecule has 0 bridgehead atoms. The molecule has 0 saturated heterocycles.